The lowest BCUT2D eigenvalue weighted by atomic mass is 10.1. The summed E-state index contributed by atoms with van der Waals surface area (Å²) in [5.41, 5.74) is 8.40. The minimum Gasteiger partial charge on any atom is -0.493 e. The van der Waals surface area contributed by atoms with Gasteiger partial charge in [0.1, 0.15) is 5.82 Å². The number of carbonyl (C=O) groups excluding carboxylic acids is 1. The number of rotatable bonds is 4. The van der Waals surface area contributed by atoms with Crippen LogP contribution in [0.5, 0.6) is 11.5 Å². The summed E-state index contributed by atoms with van der Waals surface area (Å²) in [4.78, 5) is 21.5. The van der Waals surface area contributed by atoms with Gasteiger partial charge in [0.15, 0.2) is 11.5 Å². The second-order valence-corrected chi connectivity index (χ2v) is 6.94. The smallest absolute Gasteiger partial charge is 0.253 e. The first-order chi connectivity index (χ1) is 14.1. The molecule has 0 bridgehead atoms. The third-order valence-electron chi connectivity index (χ3n) is 5.24. The number of carbonyl (C=O) groups is 1. The number of piperazine rings is 1. The highest BCUT2D eigenvalue weighted by Crippen LogP contribution is 2.35. The second-order valence-electron chi connectivity index (χ2n) is 6.94. The Kier molecular flexibility index (Phi) is 5.12. The number of hydrogen-bond acceptors (Lipinski definition) is 6. The largest absolute Gasteiger partial charge is 0.493 e. The Bertz CT molecular complexity index is 1030. The molecule has 1 aliphatic heterocycles. The molecule has 29 heavy (non-hydrogen) atoms. The van der Waals surface area contributed by atoms with E-state index in [2.05, 4.69) is 4.90 Å². The lowest BCUT2D eigenvalue weighted by Gasteiger charge is -2.35. The Balaban J connectivity index is 1.54. The molecule has 7 heteroatoms. The number of amides is 1. The topological polar surface area (TPSA) is 80.9 Å². The summed E-state index contributed by atoms with van der Waals surface area (Å²) in [7, 11) is 3.19. The minimum atomic E-state index is 0.0630. The van der Waals surface area contributed by atoms with Crippen LogP contribution in [0.4, 0.5) is 11.5 Å². The van der Waals surface area contributed by atoms with Crippen LogP contribution < -0.4 is 20.1 Å². The predicted molar refractivity (Wildman–Crippen MR) is 114 cm³/mol. The van der Waals surface area contributed by atoms with Gasteiger partial charge < -0.3 is 25.0 Å². The molecule has 1 saturated heterocycles. The summed E-state index contributed by atoms with van der Waals surface area (Å²) in [6, 6.07) is 14.9. The van der Waals surface area contributed by atoms with Crippen molar-refractivity contribution >= 4 is 28.3 Å². The molecule has 0 unspecified atom stereocenters. The number of nitrogens with zero attached hydrogens (tertiary/aromatic N) is 3. The third-order valence-corrected chi connectivity index (χ3v) is 5.24. The molecule has 0 atom stereocenters. The number of nitrogens with two attached hydrogens (primary N) is 1. The van der Waals surface area contributed by atoms with Gasteiger partial charge in [0.05, 0.1) is 19.7 Å². The van der Waals surface area contributed by atoms with E-state index < -0.39 is 0 Å². The van der Waals surface area contributed by atoms with Gasteiger partial charge in [-0.2, -0.15) is 0 Å². The molecule has 4 rings (SSSR count). The number of fused-ring (bicyclic) bond motifs is 1. The zero-order chi connectivity index (χ0) is 20.4. The zero-order valence-corrected chi connectivity index (χ0v) is 16.6. The van der Waals surface area contributed by atoms with E-state index in [4.69, 9.17) is 20.2 Å². The van der Waals surface area contributed by atoms with E-state index in [1.807, 2.05) is 53.4 Å². The van der Waals surface area contributed by atoms with Gasteiger partial charge in [-0.3, -0.25) is 4.79 Å². The molecule has 7 nitrogen and oxygen atoms in total. The highest BCUT2D eigenvalue weighted by molar-refractivity contribution is 5.95. The van der Waals surface area contributed by atoms with Crippen molar-refractivity contribution in [2.24, 2.45) is 0 Å². The molecule has 0 radical (unpaired) electrons. The van der Waals surface area contributed by atoms with Crippen molar-refractivity contribution in [2.75, 3.05) is 51.0 Å². The molecule has 0 aliphatic carbocycles. The van der Waals surface area contributed by atoms with E-state index in [1.54, 1.807) is 14.2 Å². The van der Waals surface area contributed by atoms with Gasteiger partial charge in [-0.05, 0) is 18.2 Å². The van der Waals surface area contributed by atoms with E-state index >= 15 is 0 Å². The van der Waals surface area contributed by atoms with Crippen molar-refractivity contribution in [3.63, 3.8) is 0 Å². The van der Waals surface area contributed by atoms with Crippen molar-refractivity contribution in [2.45, 2.75) is 0 Å². The van der Waals surface area contributed by atoms with Crippen LogP contribution in [0.3, 0.4) is 0 Å². The van der Waals surface area contributed by atoms with Crippen molar-refractivity contribution in [3.8, 4) is 11.5 Å². The van der Waals surface area contributed by atoms with Gasteiger partial charge in [0.25, 0.3) is 5.91 Å². The normalized spacial score (nSPS) is 14.1. The fourth-order valence-corrected chi connectivity index (χ4v) is 3.63. The van der Waals surface area contributed by atoms with Gasteiger partial charge in [-0.1, -0.05) is 18.2 Å². The number of aromatic nitrogens is 1. The highest BCUT2D eigenvalue weighted by Gasteiger charge is 2.23. The minimum absolute atomic E-state index is 0.0630. The van der Waals surface area contributed by atoms with Crippen LogP contribution in [-0.4, -0.2) is 56.2 Å². The second kappa shape index (κ2) is 7.87. The average molecular weight is 392 g/mol. The Labute approximate surface area is 169 Å². The molecule has 1 fully saturated rings. The quantitative estimate of drug-likeness (QED) is 0.735. The molecule has 1 amide bonds. The molecule has 3 aromatic rings. The van der Waals surface area contributed by atoms with Crippen LogP contribution in [0, 0.1) is 0 Å². The Morgan fingerprint density at radius 1 is 0.966 bits per heavy atom. The maximum atomic E-state index is 12.6. The molecule has 1 aliphatic rings. The molecule has 1 aromatic heterocycles. The third kappa shape index (κ3) is 3.63. The van der Waals surface area contributed by atoms with Crippen LogP contribution in [0.15, 0.2) is 48.5 Å². The van der Waals surface area contributed by atoms with E-state index in [-0.39, 0.29) is 5.91 Å². The standard InChI is InChI=1S/C22H24N4O3/c1-28-19-12-16-17(23)13-21(24-18(16)14-20(19)29-2)25-8-10-26(11-9-25)22(27)15-6-4-3-5-7-15/h3-7,12-14H,8-11H2,1-2H3,(H2,23,24). The Hall–Kier alpha value is -3.48. The lowest BCUT2D eigenvalue weighted by Crippen LogP contribution is -2.49. The van der Waals surface area contributed by atoms with E-state index in [0.717, 1.165) is 22.3 Å². The predicted octanol–water partition coefficient (Wildman–Crippen LogP) is 2.80. The lowest BCUT2D eigenvalue weighted by molar-refractivity contribution is 0.0746. The summed E-state index contributed by atoms with van der Waals surface area (Å²) in [6.07, 6.45) is 0. The van der Waals surface area contributed by atoms with Crippen LogP contribution >= 0.6 is 0 Å². The number of methoxy groups -OCH3 is 2. The Morgan fingerprint density at radius 3 is 2.28 bits per heavy atom. The fourth-order valence-electron chi connectivity index (χ4n) is 3.63. The molecule has 0 saturated carbocycles. The van der Waals surface area contributed by atoms with Crippen molar-refractivity contribution in [1.29, 1.82) is 0 Å². The number of nitrogen functional groups attached to an aromatic ring is 1. The highest BCUT2D eigenvalue weighted by atomic mass is 16.5. The molecule has 2 heterocycles. The number of benzene rings is 2. The monoisotopic (exact) mass is 392 g/mol. The number of ether oxygens (including phenoxy) is 2. The van der Waals surface area contributed by atoms with Crippen LogP contribution in [0.1, 0.15) is 10.4 Å². The summed E-state index contributed by atoms with van der Waals surface area (Å²) in [5, 5.41) is 0.823. The summed E-state index contributed by atoms with van der Waals surface area (Å²) < 4.78 is 10.7. The van der Waals surface area contributed by atoms with Crippen LogP contribution in [0.2, 0.25) is 0 Å². The maximum Gasteiger partial charge on any atom is 0.253 e. The first kappa shape index (κ1) is 18.9. The van der Waals surface area contributed by atoms with Gasteiger partial charge >= 0.3 is 0 Å². The van der Waals surface area contributed by atoms with Gasteiger partial charge in [0.2, 0.25) is 0 Å². The number of pyridine rings is 1. The Morgan fingerprint density at radius 2 is 1.62 bits per heavy atom. The van der Waals surface area contributed by atoms with Crippen molar-refractivity contribution in [1.82, 2.24) is 9.88 Å². The maximum absolute atomic E-state index is 12.6. The van der Waals surface area contributed by atoms with Gasteiger partial charge in [-0.25, -0.2) is 4.98 Å². The SMILES string of the molecule is COc1cc2nc(N3CCN(C(=O)c4ccccc4)CC3)cc(N)c2cc1OC. The van der Waals surface area contributed by atoms with Crippen LogP contribution in [-0.2, 0) is 0 Å². The van der Waals surface area contributed by atoms with E-state index in [1.165, 1.54) is 0 Å². The van der Waals surface area contributed by atoms with E-state index in [9.17, 15) is 4.79 Å². The summed E-state index contributed by atoms with van der Waals surface area (Å²) in [5.74, 6) is 2.10. The molecule has 0 spiro atoms. The molecule has 150 valence electrons. The first-order valence-corrected chi connectivity index (χ1v) is 9.52. The van der Waals surface area contributed by atoms with Gasteiger partial charge in [-0.15, -0.1) is 0 Å². The molecular weight excluding hydrogens is 368 g/mol. The van der Waals surface area contributed by atoms with Gasteiger partial charge in [0, 0.05) is 54.9 Å². The molecular formula is C22H24N4O3. The van der Waals surface area contributed by atoms with Crippen LogP contribution in [0.25, 0.3) is 10.9 Å². The van der Waals surface area contributed by atoms with Crippen molar-refractivity contribution in [3.05, 3.63) is 54.1 Å². The fraction of sp³-hybridized carbons (Fsp3) is 0.273. The molecule has 2 aromatic carbocycles. The summed E-state index contributed by atoms with van der Waals surface area (Å²) >= 11 is 0. The number of hydrogen-bond donors (Lipinski definition) is 1. The average Bonchev–Trinajstić information content (AvgIpc) is 2.78. The van der Waals surface area contributed by atoms with Crippen molar-refractivity contribution < 1.29 is 14.3 Å². The first-order valence-electron chi connectivity index (χ1n) is 9.52. The molecule has 2 N–H and O–H groups in total. The zero-order valence-electron chi connectivity index (χ0n) is 16.6. The summed E-state index contributed by atoms with van der Waals surface area (Å²) in [6.45, 7) is 2.67. The number of anilines is 2. The van der Waals surface area contributed by atoms with E-state index in [0.29, 0.717) is 43.4 Å².